The maximum Gasteiger partial charge on any atom is 0.264 e. The number of amides is 1. The molecule has 17 heavy (non-hydrogen) atoms. The predicted octanol–water partition coefficient (Wildman–Crippen LogP) is 2.20. The highest BCUT2D eigenvalue weighted by Crippen LogP contribution is 2.23. The van der Waals surface area contributed by atoms with Crippen LogP contribution in [0.3, 0.4) is 0 Å². The quantitative estimate of drug-likeness (QED) is 0.791. The van der Waals surface area contributed by atoms with E-state index in [2.05, 4.69) is 38.4 Å². The van der Waals surface area contributed by atoms with Gasteiger partial charge in [0.1, 0.15) is 0 Å². The lowest BCUT2D eigenvalue weighted by Crippen LogP contribution is -2.58. The van der Waals surface area contributed by atoms with Crippen LogP contribution in [0.5, 0.6) is 0 Å². The zero-order valence-electron chi connectivity index (χ0n) is 10.4. The van der Waals surface area contributed by atoms with E-state index in [1.165, 1.54) is 11.3 Å². The first kappa shape index (κ1) is 12.9. The van der Waals surface area contributed by atoms with Crippen molar-refractivity contribution in [2.75, 3.05) is 26.7 Å². The summed E-state index contributed by atoms with van der Waals surface area (Å²) in [5, 5.41) is 1.90. The van der Waals surface area contributed by atoms with E-state index >= 15 is 0 Å². The molecule has 0 bridgehead atoms. The van der Waals surface area contributed by atoms with Gasteiger partial charge in [0.15, 0.2) is 0 Å². The lowest BCUT2D eigenvalue weighted by Gasteiger charge is -2.45. The number of carbonyl (C=O) groups is 1. The van der Waals surface area contributed by atoms with Crippen molar-refractivity contribution in [3.05, 3.63) is 16.3 Å². The van der Waals surface area contributed by atoms with Gasteiger partial charge in [0.25, 0.3) is 5.91 Å². The highest BCUT2D eigenvalue weighted by atomic mass is 32.1. The first-order chi connectivity index (χ1) is 7.90. The molecule has 0 spiro atoms. The van der Waals surface area contributed by atoms with Crippen LogP contribution in [0.25, 0.3) is 0 Å². The standard InChI is InChI=1S/C12H18N2OS2/c1-12(2)8-14(5-4-13(12)3)11(15)10-6-9(16)7-17-10/h6-7,16H,4-5,8H2,1-3H3. The van der Waals surface area contributed by atoms with Crippen LogP contribution < -0.4 is 0 Å². The molecule has 5 heteroatoms. The van der Waals surface area contributed by atoms with Crippen molar-refractivity contribution in [3.8, 4) is 0 Å². The number of rotatable bonds is 1. The third-order valence-electron chi connectivity index (χ3n) is 3.40. The Bertz CT molecular complexity index is 428. The van der Waals surface area contributed by atoms with E-state index in [-0.39, 0.29) is 11.4 Å². The van der Waals surface area contributed by atoms with Gasteiger partial charge >= 0.3 is 0 Å². The monoisotopic (exact) mass is 270 g/mol. The molecule has 1 saturated heterocycles. The maximum atomic E-state index is 12.3. The molecule has 1 aliphatic heterocycles. The van der Waals surface area contributed by atoms with Crippen molar-refractivity contribution in [3.63, 3.8) is 0 Å². The lowest BCUT2D eigenvalue weighted by molar-refractivity contribution is 0.0315. The van der Waals surface area contributed by atoms with Gasteiger partial charge in [-0.2, -0.15) is 0 Å². The van der Waals surface area contributed by atoms with Gasteiger partial charge in [-0.15, -0.1) is 24.0 Å². The van der Waals surface area contributed by atoms with E-state index in [1.54, 1.807) is 0 Å². The van der Waals surface area contributed by atoms with Gasteiger partial charge in [-0.05, 0) is 27.0 Å². The number of hydrogen-bond donors (Lipinski definition) is 1. The fourth-order valence-corrected chi connectivity index (χ4v) is 3.12. The molecule has 0 atom stereocenters. The molecule has 0 N–H and O–H groups in total. The summed E-state index contributed by atoms with van der Waals surface area (Å²) in [4.78, 5) is 18.2. The molecule has 1 aromatic rings. The molecule has 3 nitrogen and oxygen atoms in total. The van der Waals surface area contributed by atoms with Crippen molar-refractivity contribution in [1.29, 1.82) is 0 Å². The van der Waals surface area contributed by atoms with E-state index in [4.69, 9.17) is 0 Å². The first-order valence-corrected chi connectivity index (χ1v) is 7.01. The minimum atomic E-state index is 0.0506. The van der Waals surface area contributed by atoms with Crippen molar-refractivity contribution >= 4 is 29.9 Å². The molecule has 2 rings (SSSR count). The van der Waals surface area contributed by atoms with Gasteiger partial charge in [0.05, 0.1) is 4.88 Å². The summed E-state index contributed by atoms with van der Waals surface area (Å²) in [5.41, 5.74) is 0.0506. The summed E-state index contributed by atoms with van der Waals surface area (Å²) in [6.45, 7) is 6.86. The van der Waals surface area contributed by atoms with Gasteiger partial charge < -0.3 is 4.90 Å². The van der Waals surface area contributed by atoms with E-state index in [1.807, 2.05) is 16.3 Å². The summed E-state index contributed by atoms with van der Waals surface area (Å²) >= 11 is 5.71. The summed E-state index contributed by atoms with van der Waals surface area (Å²) in [6.07, 6.45) is 0. The van der Waals surface area contributed by atoms with Crippen LogP contribution in [-0.4, -0.2) is 47.9 Å². The lowest BCUT2D eigenvalue weighted by atomic mass is 9.99. The first-order valence-electron chi connectivity index (χ1n) is 5.68. The molecular formula is C12H18N2OS2. The smallest absolute Gasteiger partial charge is 0.264 e. The largest absolute Gasteiger partial charge is 0.335 e. The van der Waals surface area contributed by atoms with Crippen LogP contribution in [-0.2, 0) is 0 Å². The molecule has 0 saturated carbocycles. The third kappa shape index (κ3) is 2.67. The highest BCUT2D eigenvalue weighted by Gasteiger charge is 2.33. The van der Waals surface area contributed by atoms with Crippen LogP contribution in [0.1, 0.15) is 23.5 Å². The van der Waals surface area contributed by atoms with E-state index < -0.39 is 0 Å². The molecule has 1 fully saturated rings. The number of thiol groups is 1. The molecule has 94 valence electrons. The minimum Gasteiger partial charge on any atom is -0.335 e. The average Bonchev–Trinajstić information content (AvgIpc) is 2.68. The topological polar surface area (TPSA) is 23.6 Å². The average molecular weight is 270 g/mol. The normalized spacial score (nSPS) is 20.6. The molecule has 0 radical (unpaired) electrons. The second-order valence-electron chi connectivity index (χ2n) is 5.13. The molecule has 1 amide bonds. The Balaban J connectivity index is 2.11. The highest BCUT2D eigenvalue weighted by molar-refractivity contribution is 7.80. The van der Waals surface area contributed by atoms with E-state index in [0.717, 1.165) is 29.4 Å². The van der Waals surface area contributed by atoms with Crippen LogP contribution in [0.4, 0.5) is 0 Å². The third-order valence-corrected chi connectivity index (χ3v) is 4.75. The van der Waals surface area contributed by atoms with Crippen molar-refractivity contribution in [2.45, 2.75) is 24.3 Å². The number of hydrogen-bond acceptors (Lipinski definition) is 4. The molecule has 2 heterocycles. The summed E-state index contributed by atoms with van der Waals surface area (Å²) in [5.74, 6) is 0.136. The fourth-order valence-electron chi connectivity index (χ4n) is 2.01. The number of carbonyl (C=O) groups excluding carboxylic acids is 1. The summed E-state index contributed by atoms with van der Waals surface area (Å²) < 4.78 is 0. The predicted molar refractivity (Wildman–Crippen MR) is 74.2 cm³/mol. The van der Waals surface area contributed by atoms with E-state index in [9.17, 15) is 4.79 Å². The van der Waals surface area contributed by atoms with Gasteiger partial charge in [-0.25, -0.2) is 0 Å². The van der Waals surface area contributed by atoms with Gasteiger partial charge in [0.2, 0.25) is 0 Å². The summed E-state index contributed by atoms with van der Waals surface area (Å²) in [7, 11) is 2.11. The molecule has 0 aromatic carbocycles. The number of likely N-dealkylation sites (N-methyl/N-ethyl adjacent to an activating group) is 1. The zero-order chi connectivity index (χ0) is 12.6. The van der Waals surface area contributed by atoms with Crippen LogP contribution in [0, 0.1) is 0 Å². The molecule has 1 aliphatic rings. The second kappa shape index (κ2) is 4.63. The Hall–Kier alpha value is -0.520. The second-order valence-corrected chi connectivity index (χ2v) is 6.56. The number of thiophene rings is 1. The molecule has 1 aromatic heterocycles. The molecule has 0 aliphatic carbocycles. The van der Waals surface area contributed by atoms with Gasteiger partial charge in [0, 0.05) is 35.4 Å². The number of nitrogens with zero attached hydrogens (tertiary/aromatic N) is 2. The fraction of sp³-hybridized carbons (Fsp3) is 0.583. The van der Waals surface area contributed by atoms with E-state index in [0.29, 0.717) is 0 Å². The van der Waals surface area contributed by atoms with Crippen molar-refractivity contribution < 1.29 is 4.79 Å². The van der Waals surface area contributed by atoms with Crippen LogP contribution in [0.15, 0.2) is 16.3 Å². The van der Waals surface area contributed by atoms with Gasteiger partial charge in [-0.3, -0.25) is 9.69 Å². The molecular weight excluding hydrogens is 252 g/mol. The Kier molecular flexibility index (Phi) is 3.52. The summed E-state index contributed by atoms with van der Waals surface area (Å²) in [6, 6.07) is 1.85. The molecule has 0 unspecified atom stereocenters. The Morgan fingerprint density at radius 1 is 1.47 bits per heavy atom. The Morgan fingerprint density at radius 2 is 2.18 bits per heavy atom. The maximum absolute atomic E-state index is 12.3. The van der Waals surface area contributed by atoms with Gasteiger partial charge in [-0.1, -0.05) is 0 Å². The Morgan fingerprint density at radius 3 is 2.71 bits per heavy atom. The van der Waals surface area contributed by atoms with Crippen molar-refractivity contribution in [1.82, 2.24) is 9.80 Å². The number of piperazine rings is 1. The minimum absolute atomic E-state index is 0.0506. The SMILES string of the molecule is CN1CCN(C(=O)c2cc(S)cs2)CC1(C)C. The zero-order valence-corrected chi connectivity index (χ0v) is 12.1. The van der Waals surface area contributed by atoms with Crippen molar-refractivity contribution in [2.24, 2.45) is 0 Å². The van der Waals surface area contributed by atoms with Crippen LogP contribution in [0.2, 0.25) is 0 Å². The Labute approximate surface area is 112 Å². The van der Waals surface area contributed by atoms with Crippen LogP contribution >= 0.6 is 24.0 Å².